The summed E-state index contributed by atoms with van der Waals surface area (Å²) < 4.78 is 0. The molecule has 1 unspecified atom stereocenters. The minimum absolute atomic E-state index is 0.0314. The average Bonchev–Trinajstić information content (AvgIpc) is 2.53. The molecule has 0 radical (unpaired) electrons. The predicted molar refractivity (Wildman–Crippen MR) is 79.3 cm³/mol. The fourth-order valence-electron chi connectivity index (χ4n) is 3.38. The molecule has 2 N–H and O–H groups in total. The van der Waals surface area contributed by atoms with E-state index in [1.54, 1.807) is 4.90 Å². The van der Waals surface area contributed by atoms with Gasteiger partial charge in [0.25, 0.3) is 0 Å². The number of likely N-dealkylation sites (tertiary alicyclic amines) is 1. The maximum Gasteiger partial charge on any atom is 0.326 e. The van der Waals surface area contributed by atoms with E-state index in [-0.39, 0.29) is 11.8 Å². The van der Waals surface area contributed by atoms with Gasteiger partial charge in [-0.1, -0.05) is 18.2 Å². The van der Waals surface area contributed by atoms with Gasteiger partial charge in [0, 0.05) is 18.8 Å². The number of para-hydroxylation sites is 1. The van der Waals surface area contributed by atoms with Gasteiger partial charge in [-0.05, 0) is 37.3 Å². The fourth-order valence-corrected chi connectivity index (χ4v) is 3.38. The zero-order valence-corrected chi connectivity index (χ0v) is 11.9. The van der Waals surface area contributed by atoms with E-state index in [4.69, 9.17) is 0 Å². The van der Waals surface area contributed by atoms with Crippen LogP contribution in [-0.2, 0) is 9.59 Å². The standard InChI is InChI=1S/C16H20N2O3/c19-15(18-10-4-3-7-14(18)16(20)21)12-8-9-17-13-6-2-1-5-11(12)13/h1-2,5-6,12,14,17H,3-4,7-10H2,(H,20,21)/t12?,14-/m1/s1. The van der Waals surface area contributed by atoms with Gasteiger partial charge in [-0.3, -0.25) is 4.79 Å². The number of nitrogens with zero attached hydrogens (tertiary/aromatic N) is 1. The van der Waals surface area contributed by atoms with Gasteiger partial charge in [-0.2, -0.15) is 0 Å². The first-order valence-corrected chi connectivity index (χ1v) is 7.54. The topological polar surface area (TPSA) is 69.6 Å². The normalized spacial score (nSPS) is 24.9. The number of rotatable bonds is 2. The summed E-state index contributed by atoms with van der Waals surface area (Å²) >= 11 is 0. The number of carboxylic acid groups (broad SMARTS) is 1. The van der Waals surface area contributed by atoms with E-state index in [1.807, 2.05) is 24.3 Å². The van der Waals surface area contributed by atoms with E-state index < -0.39 is 12.0 Å². The first-order chi connectivity index (χ1) is 10.2. The van der Waals surface area contributed by atoms with Crippen molar-refractivity contribution >= 4 is 17.6 Å². The Morgan fingerprint density at radius 2 is 2.00 bits per heavy atom. The minimum Gasteiger partial charge on any atom is -0.480 e. The van der Waals surface area contributed by atoms with Crippen molar-refractivity contribution in [2.45, 2.75) is 37.6 Å². The molecule has 0 aromatic heterocycles. The number of nitrogens with one attached hydrogen (secondary N) is 1. The Morgan fingerprint density at radius 3 is 2.81 bits per heavy atom. The third-order valence-electron chi connectivity index (χ3n) is 4.45. The highest BCUT2D eigenvalue weighted by Crippen LogP contribution is 2.34. The van der Waals surface area contributed by atoms with Crippen molar-refractivity contribution in [1.82, 2.24) is 4.90 Å². The number of aliphatic carboxylic acids is 1. The molecule has 21 heavy (non-hydrogen) atoms. The molecule has 5 heteroatoms. The first-order valence-electron chi connectivity index (χ1n) is 7.54. The Bertz CT molecular complexity index is 558. The summed E-state index contributed by atoms with van der Waals surface area (Å²) in [7, 11) is 0. The quantitative estimate of drug-likeness (QED) is 0.874. The molecule has 2 atom stereocenters. The van der Waals surface area contributed by atoms with Crippen molar-refractivity contribution in [3.05, 3.63) is 29.8 Å². The van der Waals surface area contributed by atoms with Crippen molar-refractivity contribution in [3.8, 4) is 0 Å². The highest BCUT2D eigenvalue weighted by atomic mass is 16.4. The first kappa shape index (κ1) is 13.9. The molecular formula is C16H20N2O3. The lowest BCUT2D eigenvalue weighted by Crippen LogP contribution is -2.50. The molecule has 1 aromatic carbocycles. The number of carboxylic acids is 1. The van der Waals surface area contributed by atoms with Crippen molar-refractivity contribution in [3.63, 3.8) is 0 Å². The van der Waals surface area contributed by atoms with Crippen LogP contribution >= 0.6 is 0 Å². The molecular weight excluding hydrogens is 268 g/mol. The molecule has 0 saturated carbocycles. The number of hydrogen-bond donors (Lipinski definition) is 2. The second kappa shape index (κ2) is 5.76. The Balaban J connectivity index is 1.86. The van der Waals surface area contributed by atoms with E-state index >= 15 is 0 Å². The third kappa shape index (κ3) is 2.60. The van der Waals surface area contributed by atoms with Crippen LogP contribution in [0.25, 0.3) is 0 Å². The Kier molecular flexibility index (Phi) is 3.82. The van der Waals surface area contributed by atoms with E-state index in [0.717, 1.165) is 37.1 Å². The molecule has 5 nitrogen and oxygen atoms in total. The third-order valence-corrected chi connectivity index (χ3v) is 4.45. The Hall–Kier alpha value is -2.04. The van der Waals surface area contributed by atoms with Gasteiger partial charge >= 0.3 is 5.97 Å². The van der Waals surface area contributed by atoms with Crippen LogP contribution in [0.5, 0.6) is 0 Å². The monoisotopic (exact) mass is 288 g/mol. The predicted octanol–water partition coefficient (Wildman–Crippen LogP) is 2.05. The summed E-state index contributed by atoms with van der Waals surface area (Å²) in [5.74, 6) is -1.14. The maximum absolute atomic E-state index is 12.9. The summed E-state index contributed by atoms with van der Waals surface area (Å²) in [4.78, 5) is 25.8. The van der Waals surface area contributed by atoms with Gasteiger partial charge in [0.05, 0.1) is 5.92 Å². The van der Waals surface area contributed by atoms with Gasteiger partial charge in [0.2, 0.25) is 5.91 Å². The number of carbonyl (C=O) groups excluding carboxylic acids is 1. The molecule has 1 aromatic rings. The van der Waals surface area contributed by atoms with E-state index in [2.05, 4.69) is 5.32 Å². The summed E-state index contributed by atoms with van der Waals surface area (Å²) in [6.07, 6.45) is 3.05. The maximum atomic E-state index is 12.9. The van der Waals surface area contributed by atoms with E-state index in [9.17, 15) is 14.7 Å². The van der Waals surface area contributed by atoms with Crippen LogP contribution in [0, 0.1) is 0 Å². The van der Waals surface area contributed by atoms with Gasteiger partial charge in [0.1, 0.15) is 6.04 Å². The number of anilines is 1. The van der Waals surface area contributed by atoms with Crippen LogP contribution in [0.4, 0.5) is 5.69 Å². The lowest BCUT2D eigenvalue weighted by atomic mass is 9.88. The number of carbonyl (C=O) groups is 2. The highest BCUT2D eigenvalue weighted by Gasteiger charge is 2.37. The van der Waals surface area contributed by atoms with E-state index in [0.29, 0.717) is 13.0 Å². The van der Waals surface area contributed by atoms with Crippen molar-refractivity contribution in [2.24, 2.45) is 0 Å². The fraction of sp³-hybridized carbons (Fsp3) is 0.500. The average molecular weight is 288 g/mol. The minimum atomic E-state index is -0.884. The summed E-state index contributed by atoms with van der Waals surface area (Å²) in [5, 5.41) is 12.6. The Labute approximate surface area is 123 Å². The number of fused-ring (bicyclic) bond motifs is 1. The molecule has 112 valence electrons. The molecule has 3 rings (SSSR count). The number of piperidine rings is 1. The largest absolute Gasteiger partial charge is 0.480 e. The van der Waals surface area contributed by atoms with Crippen molar-refractivity contribution in [1.29, 1.82) is 0 Å². The van der Waals surface area contributed by atoms with Crippen LogP contribution in [0.15, 0.2) is 24.3 Å². The zero-order chi connectivity index (χ0) is 14.8. The zero-order valence-electron chi connectivity index (χ0n) is 11.9. The van der Waals surface area contributed by atoms with Crippen LogP contribution in [-0.4, -0.2) is 41.0 Å². The molecule has 1 saturated heterocycles. The summed E-state index contributed by atoms with van der Waals surface area (Å²) in [6, 6.07) is 7.15. The van der Waals surface area contributed by atoms with Gasteiger partial charge in [0.15, 0.2) is 0 Å². The Morgan fingerprint density at radius 1 is 1.19 bits per heavy atom. The molecule has 0 bridgehead atoms. The number of benzene rings is 1. The summed E-state index contributed by atoms with van der Waals surface area (Å²) in [6.45, 7) is 1.31. The highest BCUT2D eigenvalue weighted by molar-refractivity contribution is 5.90. The van der Waals surface area contributed by atoms with Crippen LogP contribution in [0.3, 0.4) is 0 Å². The van der Waals surface area contributed by atoms with Crippen LogP contribution in [0.2, 0.25) is 0 Å². The van der Waals surface area contributed by atoms with Gasteiger partial charge in [-0.25, -0.2) is 4.79 Å². The second-order valence-electron chi connectivity index (χ2n) is 5.74. The lowest BCUT2D eigenvalue weighted by Gasteiger charge is -2.37. The van der Waals surface area contributed by atoms with Crippen molar-refractivity contribution in [2.75, 3.05) is 18.4 Å². The van der Waals surface area contributed by atoms with E-state index in [1.165, 1.54) is 0 Å². The number of amides is 1. The van der Waals surface area contributed by atoms with Crippen molar-refractivity contribution < 1.29 is 14.7 Å². The SMILES string of the molecule is O=C(O)[C@H]1CCCCN1C(=O)C1CCNc2ccccc21. The summed E-state index contributed by atoms with van der Waals surface area (Å²) in [5.41, 5.74) is 1.98. The molecule has 1 amide bonds. The smallest absolute Gasteiger partial charge is 0.326 e. The second-order valence-corrected chi connectivity index (χ2v) is 5.74. The molecule has 2 aliphatic rings. The molecule has 1 fully saturated rings. The number of hydrogen-bond acceptors (Lipinski definition) is 3. The van der Waals surface area contributed by atoms with Crippen LogP contribution < -0.4 is 5.32 Å². The van der Waals surface area contributed by atoms with Gasteiger partial charge in [-0.15, -0.1) is 0 Å². The van der Waals surface area contributed by atoms with Gasteiger partial charge < -0.3 is 15.3 Å². The lowest BCUT2D eigenvalue weighted by molar-refractivity contribution is -0.152. The molecule has 0 spiro atoms. The molecule has 2 aliphatic heterocycles. The molecule has 2 heterocycles. The van der Waals surface area contributed by atoms with Crippen LogP contribution in [0.1, 0.15) is 37.2 Å². The molecule has 0 aliphatic carbocycles.